The molecule has 0 spiro atoms. The number of carbonyl (C=O) groups excluding carboxylic acids is 1. The maximum Gasteiger partial charge on any atom is 0.410 e. The third kappa shape index (κ3) is 2.58. The van der Waals surface area contributed by atoms with Crippen LogP contribution in [0.2, 0.25) is 0 Å². The second-order valence-electron chi connectivity index (χ2n) is 5.40. The molecule has 2 aromatic rings. The Kier molecular flexibility index (Phi) is 3.78. The Labute approximate surface area is 124 Å². The van der Waals surface area contributed by atoms with E-state index >= 15 is 0 Å². The van der Waals surface area contributed by atoms with Gasteiger partial charge in [0.1, 0.15) is 0 Å². The predicted octanol–water partition coefficient (Wildman–Crippen LogP) is 3.45. The van der Waals surface area contributed by atoms with Gasteiger partial charge in [0.05, 0.1) is 18.7 Å². The van der Waals surface area contributed by atoms with Crippen molar-refractivity contribution in [2.45, 2.75) is 33.2 Å². The topological polar surface area (TPSA) is 42.4 Å². The largest absolute Gasteiger partial charge is 0.450 e. The third-order valence-electron chi connectivity index (χ3n) is 4.08. The van der Waals surface area contributed by atoms with E-state index in [4.69, 9.17) is 9.72 Å². The molecular formula is C17H20N2O2. The van der Waals surface area contributed by atoms with Gasteiger partial charge in [0.25, 0.3) is 0 Å². The molecule has 0 saturated carbocycles. The van der Waals surface area contributed by atoms with E-state index in [9.17, 15) is 4.79 Å². The predicted molar refractivity (Wildman–Crippen MR) is 82.2 cm³/mol. The summed E-state index contributed by atoms with van der Waals surface area (Å²) < 4.78 is 5.15. The highest BCUT2D eigenvalue weighted by atomic mass is 16.6. The monoisotopic (exact) mass is 284 g/mol. The number of aryl methyl sites for hydroxylation is 2. The molecule has 0 unspecified atom stereocenters. The van der Waals surface area contributed by atoms with E-state index in [0.29, 0.717) is 13.2 Å². The lowest BCUT2D eigenvalue weighted by Gasteiger charge is -2.21. The quantitative estimate of drug-likeness (QED) is 0.805. The Morgan fingerprint density at radius 2 is 2.19 bits per heavy atom. The highest BCUT2D eigenvalue weighted by molar-refractivity contribution is 5.83. The number of aromatic nitrogens is 1. The minimum Gasteiger partial charge on any atom is -0.450 e. The number of benzene rings is 1. The summed E-state index contributed by atoms with van der Waals surface area (Å²) in [5.41, 5.74) is 4.57. The molecule has 0 atom stereocenters. The van der Waals surface area contributed by atoms with Gasteiger partial charge in [-0.15, -0.1) is 0 Å². The van der Waals surface area contributed by atoms with Gasteiger partial charge in [0.2, 0.25) is 0 Å². The van der Waals surface area contributed by atoms with Crippen LogP contribution in [-0.2, 0) is 17.7 Å². The van der Waals surface area contributed by atoms with Crippen LogP contribution >= 0.6 is 0 Å². The first kappa shape index (κ1) is 13.9. The van der Waals surface area contributed by atoms with E-state index in [1.54, 1.807) is 4.90 Å². The Bertz CT molecular complexity index is 682. The summed E-state index contributed by atoms with van der Waals surface area (Å²) in [6, 6.07) is 8.19. The molecule has 0 saturated heterocycles. The number of carbonyl (C=O) groups is 1. The number of ether oxygens (including phenoxy) is 1. The van der Waals surface area contributed by atoms with Crippen LogP contribution < -0.4 is 0 Å². The molecule has 0 N–H and O–H groups in total. The lowest BCUT2D eigenvalue weighted by atomic mass is 10.0. The summed E-state index contributed by atoms with van der Waals surface area (Å²) in [5, 5.41) is 1.17. The smallest absolute Gasteiger partial charge is 0.410 e. The molecule has 2 heterocycles. The van der Waals surface area contributed by atoms with Gasteiger partial charge in [0, 0.05) is 17.6 Å². The van der Waals surface area contributed by atoms with Gasteiger partial charge in [-0.05, 0) is 43.9 Å². The molecule has 1 amide bonds. The van der Waals surface area contributed by atoms with Crippen LogP contribution in [0.25, 0.3) is 10.9 Å². The molecule has 1 aromatic carbocycles. The fraction of sp³-hybridized carbons (Fsp3) is 0.412. The molecule has 110 valence electrons. The molecular weight excluding hydrogens is 264 g/mol. The molecule has 1 aromatic heterocycles. The number of fused-ring (bicyclic) bond motifs is 2. The van der Waals surface area contributed by atoms with Crippen LogP contribution in [0.5, 0.6) is 0 Å². The van der Waals surface area contributed by atoms with E-state index in [-0.39, 0.29) is 6.09 Å². The Hall–Kier alpha value is -2.10. The van der Waals surface area contributed by atoms with E-state index in [1.165, 1.54) is 16.5 Å². The molecule has 21 heavy (non-hydrogen) atoms. The van der Waals surface area contributed by atoms with Crippen molar-refractivity contribution in [3.63, 3.8) is 0 Å². The minimum atomic E-state index is -0.224. The first-order chi connectivity index (χ1) is 10.2. The van der Waals surface area contributed by atoms with Gasteiger partial charge < -0.3 is 9.64 Å². The standard InChI is InChI=1S/C17H20N2O2/c1-3-21-17(20)19-10-6-9-16-14(11-19)12(2)13-7-4-5-8-15(13)18-16/h4-5,7-8H,3,6,9-11H2,1-2H3. The lowest BCUT2D eigenvalue weighted by Crippen LogP contribution is -2.31. The molecule has 4 nitrogen and oxygen atoms in total. The van der Waals surface area contributed by atoms with Gasteiger partial charge in [0.15, 0.2) is 0 Å². The first-order valence-corrected chi connectivity index (χ1v) is 7.49. The van der Waals surface area contributed by atoms with Gasteiger partial charge in [-0.3, -0.25) is 4.98 Å². The lowest BCUT2D eigenvalue weighted by molar-refractivity contribution is 0.105. The van der Waals surface area contributed by atoms with Crippen molar-refractivity contribution in [1.29, 1.82) is 0 Å². The Morgan fingerprint density at radius 3 is 3.00 bits per heavy atom. The minimum absolute atomic E-state index is 0.224. The molecule has 4 heteroatoms. The van der Waals surface area contributed by atoms with E-state index in [1.807, 2.05) is 19.1 Å². The van der Waals surface area contributed by atoms with E-state index in [2.05, 4.69) is 19.1 Å². The van der Waals surface area contributed by atoms with Gasteiger partial charge in [-0.2, -0.15) is 0 Å². The van der Waals surface area contributed by atoms with Crippen molar-refractivity contribution in [3.05, 3.63) is 41.1 Å². The van der Waals surface area contributed by atoms with Crippen LogP contribution in [0.1, 0.15) is 30.2 Å². The first-order valence-electron chi connectivity index (χ1n) is 7.49. The molecule has 0 aliphatic carbocycles. The SMILES string of the molecule is CCOC(=O)N1CCCc2nc3ccccc3c(C)c2C1. The summed E-state index contributed by atoms with van der Waals surface area (Å²) in [5.74, 6) is 0. The van der Waals surface area contributed by atoms with Gasteiger partial charge >= 0.3 is 6.09 Å². The zero-order valence-electron chi connectivity index (χ0n) is 12.6. The van der Waals surface area contributed by atoms with Crippen molar-refractivity contribution in [2.75, 3.05) is 13.2 Å². The highest BCUT2D eigenvalue weighted by Gasteiger charge is 2.22. The zero-order valence-corrected chi connectivity index (χ0v) is 12.6. The van der Waals surface area contributed by atoms with Crippen molar-refractivity contribution in [1.82, 2.24) is 9.88 Å². The molecule has 0 bridgehead atoms. The molecule has 1 aliphatic rings. The number of nitrogens with zero attached hydrogens (tertiary/aromatic N) is 2. The number of para-hydroxylation sites is 1. The number of pyridine rings is 1. The fourth-order valence-corrected chi connectivity index (χ4v) is 2.97. The number of amides is 1. The van der Waals surface area contributed by atoms with Crippen molar-refractivity contribution < 1.29 is 9.53 Å². The van der Waals surface area contributed by atoms with Crippen LogP contribution in [0.15, 0.2) is 24.3 Å². The Balaban J connectivity index is 2.03. The molecule has 0 radical (unpaired) electrons. The maximum absolute atomic E-state index is 12.0. The second kappa shape index (κ2) is 5.72. The summed E-state index contributed by atoms with van der Waals surface area (Å²) >= 11 is 0. The zero-order chi connectivity index (χ0) is 14.8. The van der Waals surface area contributed by atoms with Crippen molar-refractivity contribution in [3.8, 4) is 0 Å². The summed E-state index contributed by atoms with van der Waals surface area (Å²) in [6.45, 7) is 5.70. The summed E-state index contributed by atoms with van der Waals surface area (Å²) in [7, 11) is 0. The van der Waals surface area contributed by atoms with Crippen LogP contribution in [0, 0.1) is 6.92 Å². The van der Waals surface area contributed by atoms with Crippen LogP contribution in [-0.4, -0.2) is 29.1 Å². The fourth-order valence-electron chi connectivity index (χ4n) is 2.97. The van der Waals surface area contributed by atoms with E-state index < -0.39 is 0 Å². The summed E-state index contributed by atoms with van der Waals surface area (Å²) in [6.07, 6.45) is 1.62. The molecule has 1 aliphatic heterocycles. The Morgan fingerprint density at radius 1 is 1.38 bits per heavy atom. The number of hydrogen-bond donors (Lipinski definition) is 0. The maximum atomic E-state index is 12.0. The highest BCUT2D eigenvalue weighted by Crippen LogP contribution is 2.27. The number of rotatable bonds is 1. The number of hydrogen-bond acceptors (Lipinski definition) is 3. The molecule has 0 fully saturated rings. The van der Waals surface area contributed by atoms with Crippen molar-refractivity contribution in [2.24, 2.45) is 0 Å². The van der Waals surface area contributed by atoms with E-state index in [0.717, 1.165) is 30.6 Å². The van der Waals surface area contributed by atoms with Gasteiger partial charge in [-0.1, -0.05) is 18.2 Å². The van der Waals surface area contributed by atoms with Crippen molar-refractivity contribution >= 4 is 17.0 Å². The normalized spacial score (nSPS) is 14.7. The van der Waals surface area contributed by atoms with Crippen LogP contribution in [0.4, 0.5) is 4.79 Å². The summed E-state index contributed by atoms with van der Waals surface area (Å²) in [4.78, 5) is 18.6. The second-order valence-corrected chi connectivity index (χ2v) is 5.40. The average Bonchev–Trinajstić information content (AvgIpc) is 2.70. The molecule has 3 rings (SSSR count). The average molecular weight is 284 g/mol. The van der Waals surface area contributed by atoms with Crippen LogP contribution in [0.3, 0.4) is 0 Å². The van der Waals surface area contributed by atoms with Gasteiger partial charge in [-0.25, -0.2) is 4.79 Å². The third-order valence-corrected chi connectivity index (χ3v) is 4.08.